The van der Waals surface area contributed by atoms with Crippen LogP contribution in [0.3, 0.4) is 0 Å². The predicted molar refractivity (Wildman–Crippen MR) is 85.9 cm³/mol. The molecule has 7 heteroatoms. The predicted octanol–water partition coefficient (Wildman–Crippen LogP) is 3.62. The van der Waals surface area contributed by atoms with E-state index < -0.39 is 35.7 Å². The van der Waals surface area contributed by atoms with E-state index in [1.165, 1.54) is 12.1 Å². The Labute approximate surface area is 134 Å². The Hall–Kier alpha value is -1.05. The molecule has 3 nitrogen and oxygen atoms in total. The van der Waals surface area contributed by atoms with Crippen LogP contribution in [0.15, 0.2) is 17.6 Å². The van der Waals surface area contributed by atoms with Crippen LogP contribution in [-0.2, 0) is 9.31 Å². The van der Waals surface area contributed by atoms with Crippen LogP contribution in [0, 0.1) is 11.6 Å². The van der Waals surface area contributed by atoms with Crippen molar-refractivity contribution in [1.82, 2.24) is 0 Å². The van der Waals surface area contributed by atoms with Crippen molar-refractivity contribution in [2.45, 2.75) is 38.9 Å². The Balaban J connectivity index is 2.36. The molecule has 0 spiro atoms. The highest BCUT2D eigenvalue weighted by atomic mass is 32.1. The van der Waals surface area contributed by atoms with Gasteiger partial charge in [-0.3, -0.25) is 0 Å². The number of rotatable bonds is 3. The molecule has 120 valence electrons. The molecule has 0 aromatic heterocycles. The second-order valence-electron chi connectivity index (χ2n) is 6.27. The molecular formula is C15H19BF2O3S. The zero-order valence-electron chi connectivity index (χ0n) is 13.0. The minimum Gasteiger partial charge on any atom is -0.505 e. The lowest BCUT2D eigenvalue weighted by Crippen LogP contribution is -2.41. The number of aromatic hydroxyl groups is 1. The topological polar surface area (TPSA) is 38.7 Å². The smallest absolute Gasteiger partial charge is 0.491 e. The molecule has 1 aromatic carbocycles. The van der Waals surface area contributed by atoms with Crippen molar-refractivity contribution >= 4 is 25.8 Å². The number of hydrogen-bond donors (Lipinski definition) is 2. The monoisotopic (exact) mass is 328 g/mol. The first-order valence-electron chi connectivity index (χ1n) is 6.93. The summed E-state index contributed by atoms with van der Waals surface area (Å²) in [5.74, 6) is -2.85. The third-order valence-electron chi connectivity index (χ3n) is 4.17. The molecule has 0 saturated carbocycles. The van der Waals surface area contributed by atoms with Crippen LogP contribution in [0.1, 0.15) is 33.3 Å². The van der Waals surface area contributed by atoms with Crippen LogP contribution in [0.5, 0.6) is 5.75 Å². The van der Waals surface area contributed by atoms with Gasteiger partial charge in [0, 0.05) is 11.3 Å². The van der Waals surface area contributed by atoms with Crippen molar-refractivity contribution < 1.29 is 23.2 Å². The SMILES string of the molecule is CC1(C)OB(C(=Cc2ccc(O)c(F)c2F)CS)OC1(C)C. The molecule has 0 aliphatic carbocycles. The average Bonchev–Trinajstić information content (AvgIpc) is 2.64. The van der Waals surface area contributed by atoms with Gasteiger partial charge in [0.15, 0.2) is 11.6 Å². The molecule has 1 aliphatic rings. The third kappa shape index (κ3) is 3.02. The molecule has 0 amide bonds. The molecule has 1 aromatic rings. The fourth-order valence-electron chi connectivity index (χ4n) is 2.05. The van der Waals surface area contributed by atoms with E-state index >= 15 is 0 Å². The van der Waals surface area contributed by atoms with Gasteiger partial charge in [-0.05, 0) is 45.3 Å². The van der Waals surface area contributed by atoms with Crippen LogP contribution < -0.4 is 0 Å². The van der Waals surface area contributed by atoms with E-state index in [9.17, 15) is 8.78 Å². The molecule has 22 heavy (non-hydrogen) atoms. The molecule has 1 aliphatic heterocycles. The standard InChI is InChI=1S/C15H19BF2O3S/c1-14(2)15(3,4)21-16(20-14)10(8-22)7-9-5-6-11(19)13(18)12(9)17/h5-7,19,22H,8H2,1-4H3. The van der Waals surface area contributed by atoms with Crippen LogP contribution in [0.25, 0.3) is 6.08 Å². The number of phenolic OH excluding ortho intramolecular Hbond substituents is 1. The highest BCUT2D eigenvalue weighted by Gasteiger charge is 2.52. The molecule has 1 N–H and O–H groups in total. The Morgan fingerprint density at radius 1 is 1.18 bits per heavy atom. The van der Waals surface area contributed by atoms with E-state index in [4.69, 9.17) is 14.4 Å². The van der Waals surface area contributed by atoms with E-state index in [1.54, 1.807) is 0 Å². The minimum absolute atomic E-state index is 0.00839. The van der Waals surface area contributed by atoms with E-state index in [0.29, 0.717) is 5.47 Å². The average molecular weight is 328 g/mol. The third-order valence-corrected chi connectivity index (χ3v) is 4.54. The number of phenols is 1. The van der Waals surface area contributed by atoms with Crippen molar-refractivity contribution in [1.29, 1.82) is 0 Å². The van der Waals surface area contributed by atoms with Crippen LogP contribution in [0.4, 0.5) is 8.78 Å². The largest absolute Gasteiger partial charge is 0.505 e. The first-order chi connectivity index (χ1) is 10.1. The molecule has 0 radical (unpaired) electrons. The van der Waals surface area contributed by atoms with E-state index in [0.717, 1.165) is 6.07 Å². The van der Waals surface area contributed by atoms with E-state index in [1.807, 2.05) is 27.7 Å². The van der Waals surface area contributed by atoms with E-state index in [-0.39, 0.29) is 11.3 Å². The van der Waals surface area contributed by atoms with E-state index in [2.05, 4.69) is 12.6 Å². The molecule has 0 bridgehead atoms. The summed E-state index contributed by atoms with van der Waals surface area (Å²) in [5.41, 5.74) is -0.475. The zero-order chi connectivity index (χ0) is 16.7. The summed E-state index contributed by atoms with van der Waals surface area (Å²) in [6, 6.07) is 2.40. The lowest BCUT2D eigenvalue weighted by atomic mass is 9.78. The maximum Gasteiger partial charge on any atom is 0.491 e. The first kappa shape index (κ1) is 17.3. The lowest BCUT2D eigenvalue weighted by Gasteiger charge is -2.32. The summed E-state index contributed by atoms with van der Waals surface area (Å²) in [6.45, 7) is 7.63. The number of benzene rings is 1. The van der Waals surface area contributed by atoms with Crippen molar-refractivity contribution in [2.24, 2.45) is 0 Å². The van der Waals surface area contributed by atoms with Crippen LogP contribution in [0.2, 0.25) is 0 Å². The Kier molecular flexibility index (Phi) is 4.62. The maximum atomic E-state index is 13.9. The fourth-order valence-corrected chi connectivity index (χ4v) is 2.29. The van der Waals surface area contributed by atoms with Gasteiger partial charge >= 0.3 is 7.12 Å². The summed E-state index contributed by atoms with van der Waals surface area (Å²) >= 11 is 4.22. The van der Waals surface area contributed by atoms with Crippen molar-refractivity contribution in [2.75, 3.05) is 5.75 Å². The van der Waals surface area contributed by atoms with Gasteiger partial charge in [-0.25, -0.2) is 4.39 Å². The number of thiol groups is 1. The number of halogens is 2. The lowest BCUT2D eigenvalue weighted by molar-refractivity contribution is 0.00578. The Morgan fingerprint density at radius 2 is 1.73 bits per heavy atom. The van der Waals surface area contributed by atoms with Gasteiger partial charge in [0.1, 0.15) is 0 Å². The summed E-state index contributed by atoms with van der Waals surface area (Å²) in [6.07, 6.45) is 1.44. The number of hydrogen-bond acceptors (Lipinski definition) is 4. The molecule has 0 atom stereocenters. The first-order valence-corrected chi connectivity index (χ1v) is 7.56. The van der Waals surface area contributed by atoms with Gasteiger partial charge in [0.05, 0.1) is 11.2 Å². The second-order valence-corrected chi connectivity index (χ2v) is 6.58. The molecular weight excluding hydrogens is 309 g/mol. The highest BCUT2D eigenvalue weighted by Crippen LogP contribution is 2.39. The van der Waals surface area contributed by atoms with Crippen molar-refractivity contribution in [3.05, 3.63) is 34.8 Å². The maximum absolute atomic E-state index is 13.9. The molecule has 2 rings (SSSR count). The van der Waals surface area contributed by atoms with Gasteiger partial charge in [0.2, 0.25) is 5.82 Å². The molecule has 0 unspecified atom stereocenters. The van der Waals surface area contributed by atoms with Gasteiger partial charge < -0.3 is 14.4 Å². The Bertz CT molecular complexity index is 601. The van der Waals surface area contributed by atoms with Gasteiger partial charge in [-0.2, -0.15) is 17.0 Å². The summed E-state index contributed by atoms with van der Waals surface area (Å²) in [4.78, 5) is 0. The normalized spacial score (nSPS) is 20.5. The summed E-state index contributed by atoms with van der Waals surface area (Å²) in [7, 11) is -0.682. The summed E-state index contributed by atoms with van der Waals surface area (Å²) in [5, 5.41) is 9.16. The Morgan fingerprint density at radius 3 is 2.23 bits per heavy atom. The van der Waals surface area contributed by atoms with Gasteiger partial charge in [-0.15, -0.1) is 0 Å². The van der Waals surface area contributed by atoms with Crippen molar-refractivity contribution in [3.8, 4) is 5.75 Å². The zero-order valence-corrected chi connectivity index (χ0v) is 13.9. The molecule has 1 saturated heterocycles. The molecule has 1 heterocycles. The van der Waals surface area contributed by atoms with Crippen LogP contribution in [-0.4, -0.2) is 29.2 Å². The fraction of sp³-hybridized carbons (Fsp3) is 0.467. The summed E-state index contributed by atoms with van der Waals surface area (Å²) < 4.78 is 39.1. The van der Waals surface area contributed by atoms with Gasteiger partial charge in [-0.1, -0.05) is 6.08 Å². The highest BCUT2D eigenvalue weighted by molar-refractivity contribution is 7.80. The second kappa shape index (κ2) is 5.87. The molecule has 1 fully saturated rings. The minimum atomic E-state index is -1.28. The van der Waals surface area contributed by atoms with Crippen LogP contribution >= 0.6 is 12.6 Å². The van der Waals surface area contributed by atoms with Gasteiger partial charge in [0.25, 0.3) is 0 Å². The quantitative estimate of drug-likeness (QED) is 0.658. The van der Waals surface area contributed by atoms with Crippen molar-refractivity contribution in [3.63, 3.8) is 0 Å².